The number of anilines is 1. The Morgan fingerprint density at radius 3 is 2.36 bits per heavy atom. The summed E-state index contributed by atoms with van der Waals surface area (Å²) >= 11 is 0. The molecule has 0 bridgehead atoms. The normalized spacial score (nSPS) is 10.4. The monoisotopic (exact) mass is 312 g/mol. The number of nitrogens with zero attached hydrogens (tertiary/aromatic N) is 2. The Balaban J connectivity index is 1.97. The topological polar surface area (TPSA) is 76.0 Å². The van der Waals surface area contributed by atoms with Gasteiger partial charge in [0.1, 0.15) is 5.82 Å². The maximum Gasteiger partial charge on any atom is 0.313 e. The van der Waals surface area contributed by atoms with Crippen molar-refractivity contribution in [1.82, 2.24) is 14.9 Å². The molecule has 1 aromatic carbocycles. The molecule has 0 radical (unpaired) electrons. The van der Waals surface area contributed by atoms with Crippen molar-refractivity contribution >= 4 is 17.5 Å². The molecule has 22 heavy (non-hydrogen) atoms. The standard InChI is InChI=1S/C13H11F3N4O2/c1-20-3-2-17-10(20)6-18-12(21)13(22)19-7-4-8(14)11(16)9(15)5-7/h2-5H,6H2,1H3,(H,18,21)(H,19,22). The molecule has 0 aliphatic heterocycles. The van der Waals surface area contributed by atoms with Crippen LogP contribution < -0.4 is 10.6 Å². The van der Waals surface area contributed by atoms with E-state index in [2.05, 4.69) is 10.3 Å². The molecule has 0 aliphatic rings. The van der Waals surface area contributed by atoms with E-state index in [4.69, 9.17) is 0 Å². The molecule has 2 rings (SSSR count). The van der Waals surface area contributed by atoms with Gasteiger partial charge in [-0.15, -0.1) is 0 Å². The number of benzene rings is 1. The first-order valence-electron chi connectivity index (χ1n) is 6.08. The second-order valence-corrected chi connectivity index (χ2v) is 4.35. The van der Waals surface area contributed by atoms with Gasteiger partial charge in [-0.05, 0) is 0 Å². The van der Waals surface area contributed by atoms with Crippen molar-refractivity contribution in [1.29, 1.82) is 0 Å². The molecule has 0 aliphatic carbocycles. The Hall–Kier alpha value is -2.84. The van der Waals surface area contributed by atoms with Crippen molar-refractivity contribution < 1.29 is 22.8 Å². The first-order valence-corrected chi connectivity index (χ1v) is 6.08. The molecule has 0 fully saturated rings. The summed E-state index contributed by atoms with van der Waals surface area (Å²) in [5.41, 5.74) is -0.367. The molecular weight excluding hydrogens is 301 g/mol. The number of carbonyl (C=O) groups is 2. The third-order valence-corrected chi connectivity index (χ3v) is 2.78. The van der Waals surface area contributed by atoms with Crippen LogP contribution in [0, 0.1) is 17.5 Å². The van der Waals surface area contributed by atoms with Crippen molar-refractivity contribution in [3.05, 3.63) is 47.8 Å². The van der Waals surface area contributed by atoms with E-state index in [9.17, 15) is 22.8 Å². The molecule has 116 valence electrons. The summed E-state index contributed by atoms with van der Waals surface area (Å²) in [7, 11) is 1.71. The van der Waals surface area contributed by atoms with Gasteiger partial charge in [0.15, 0.2) is 17.5 Å². The maximum atomic E-state index is 13.0. The Kier molecular flexibility index (Phi) is 4.44. The number of amides is 2. The van der Waals surface area contributed by atoms with Crippen LogP contribution in [0.2, 0.25) is 0 Å². The Bertz CT molecular complexity index is 707. The van der Waals surface area contributed by atoms with Crippen LogP contribution in [-0.2, 0) is 23.2 Å². The zero-order valence-corrected chi connectivity index (χ0v) is 11.4. The molecule has 0 spiro atoms. The van der Waals surface area contributed by atoms with E-state index < -0.39 is 29.3 Å². The number of imidazole rings is 1. The molecule has 2 N–H and O–H groups in total. The third kappa shape index (κ3) is 3.43. The van der Waals surface area contributed by atoms with Crippen molar-refractivity contribution in [2.24, 2.45) is 7.05 Å². The summed E-state index contributed by atoms with van der Waals surface area (Å²) in [4.78, 5) is 27.1. The number of carbonyl (C=O) groups excluding carboxylic acids is 2. The van der Waals surface area contributed by atoms with Crippen molar-refractivity contribution in [3.63, 3.8) is 0 Å². The SMILES string of the molecule is Cn1ccnc1CNC(=O)C(=O)Nc1cc(F)c(F)c(F)c1. The minimum absolute atomic E-state index is 0.00188. The fraction of sp³-hybridized carbons (Fsp3) is 0.154. The zero-order chi connectivity index (χ0) is 16.3. The van der Waals surface area contributed by atoms with Crippen LogP contribution in [0.3, 0.4) is 0 Å². The van der Waals surface area contributed by atoms with E-state index in [1.165, 1.54) is 6.20 Å². The largest absolute Gasteiger partial charge is 0.341 e. The molecule has 2 aromatic rings. The predicted octanol–water partition coefficient (Wildman–Crippen LogP) is 1.09. The van der Waals surface area contributed by atoms with E-state index in [-0.39, 0.29) is 12.2 Å². The first kappa shape index (κ1) is 15.5. The lowest BCUT2D eigenvalue weighted by atomic mass is 10.3. The van der Waals surface area contributed by atoms with Gasteiger partial charge in [-0.2, -0.15) is 0 Å². The maximum absolute atomic E-state index is 13.0. The average molecular weight is 312 g/mol. The molecular formula is C13H11F3N4O2. The number of halogens is 3. The summed E-state index contributed by atoms with van der Waals surface area (Å²) in [6.07, 6.45) is 3.18. The number of nitrogens with one attached hydrogen (secondary N) is 2. The van der Waals surface area contributed by atoms with Crippen molar-refractivity contribution in [2.75, 3.05) is 5.32 Å². The molecule has 9 heteroatoms. The van der Waals surface area contributed by atoms with Crippen LogP contribution in [0.4, 0.5) is 18.9 Å². The lowest BCUT2D eigenvalue weighted by Crippen LogP contribution is -2.35. The second kappa shape index (κ2) is 6.29. The lowest BCUT2D eigenvalue weighted by molar-refractivity contribution is -0.136. The van der Waals surface area contributed by atoms with E-state index >= 15 is 0 Å². The molecule has 1 heterocycles. The highest BCUT2D eigenvalue weighted by molar-refractivity contribution is 6.39. The average Bonchev–Trinajstić information content (AvgIpc) is 2.87. The zero-order valence-electron chi connectivity index (χ0n) is 11.4. The van der Waals surface area contributed by atoms with Crippen molar-refractivity contribution in [3.8, 4) is 0 Å². The van der Waals surface area contributed by atoms with Crippen LogP contribution in [0.1, 0.15) is 5.82 Å². The fourth-order valence-electron chi connectivity index (χ4n) is 1.62. The van der Waals surface area contributed by atoms with Crippen LogP contribution in [-0.4, -0.2) is 21.4 Å². The Morgan fingerprint density at radius 1 is 1.18 bits per heavy atom. The number of aromatic nitrogens is 2. The van der Waals surface area contributed by atoms with Gasteiger partial charge in [0, 0.05) is 37.3 Å². The van der Waals surface area contributed by atoms with Gasteiger partial charge in [0.05, 0.1) is 6.54 Å². The molecule has 1 aromatic heterocycles. The van der Waals surface area contributed by atoms with Gasteiger partial charge in [-0.3, -0.25) is 9.59 Å². The van der Waals surface area contributed by atoms with E-state index in [1.807, 2.05) is 5.32 Å². The second-order valence-electron chi connectivity index (χ2n) is 4.35. The van der Waals surface area contributed by atoms with E-state index in [0.29, 0.717) is 18.0 Å². The van der Waals surface area contributed by atoms with Crippen LogP contribution in [0.15, 0.2) is 24.5 Å². The van der Waals surface area contributed by atoms with Gasteiger partial charge in [-0.25, -0.2) is 18.2 Å². The minimum atomic E-state index is -1.66. The van der Waals surface area contributed by atoms with E-state index in [0.717, 1.165) is 0 Å². The lowest BCUT2D eigenvalue weighted by Gasteiger charge is -2.07. The quantitative estimate of drug-likeness (QED) is 0.658. The number of rotatable bonds is 3. The van der Waals surface area contributed by atoms with Crippen molar-refractivity contribution in [2.45, 2.75) is 6.54 Å². The number of hydrogen-bond donors (Lipinski definition) is 2. The number of aryl methyl sites for hydroxylation is 1. The molecule has 0 unspecified atom stereocenters. The predicted molar refractivity (Wildman–Crippen MR) is 70.0 cm³/mol. The summed E-state index contributed by atoms with van der Waals surface area (Å²) in [6.45, 7) is 0.00188. The Labute approximate surface area is 123 Å². The molecule has 0 atom stereocenters. The van der Waals surface area contributed by atoms with Gasteiger partial charge in [0.2, 0.25) is 0 Å². The molecule has 0 saturated carbocycles. The molecule has 6 nitrogen and oxygen atoms in total. The third-order valence-electron chi connectivity index (χ3n) is 2.78. The molecule has 0 saturated heterocycles. The van der Waals surface area contributed by atoms with E-state index in [1.54, 1.807) is 17.8 Å². The van der Waals surface area contributed by atoms with Crippen LogP contribution in [0.25, 0.3) is 0 Å². The summed E-state index contributed by atoms with van der Waals surface area (Å²) in [6, 6.07) is 1.14. The van der Waals surface area contributed by atoms with Gasteiger partial charge in [0.25, 0.3) is 0 Å². The van der Waals surface area contributed by atoms with Crippen LogP contribution in [0.5, 0.6) is 0 Å². The van der Waals surface area contributed by atoms with Gasteiger partial charge in [-0.1, -0.05) is 0 Å². The highest BCUT2D eigenvalue weighted by Crippen LogP contribution is 2.17. The summed E-state index contributed by atoms with van der Waals surface area (Å²) in [5, 5.41) is 4.26. The van der Waals surface area contributed by atoms with Gasteiger partial charge >= 0.3 is 11.8 Å². The fourth-order valence-corrected chi connectivity index (χ4v) is 1.62. The first-order chi connectivity index (χ1) is 10.4. The highest BCUT2D eigenvalue weighted by atomic mass is 19.2. The minimum Gasteiger partial charge on any atom is -0.341 e. The van der Waals surface area contributed by atoms with Gasteiger partial charge < -0.3 is 15.2 Å². The summed E-state index contributed by atoms with van der Waals surface area (Å²) in [5.74, 6) is -6.24. The summed E-state index contributed by atoms with van der Waals surface area (Å²) < 4.78 is 40.4. The number of hydrogen-bond acceptors (Lipinski definition) is 3. The molecule has 2 amide bonds. The Morgan fingerprint density at radius 2 is 1.82 bits per heavy atom. The smallest absolute Gasteiger partial charge is 0.313 e. The highest BCUT2D eigenvalue weighted by Gasteiger charge is 2.17. The van der Waals surface area contributed by atoms with Crippen LogP contribution >= 0.6 is 0 Å².